The Hall–Kier alpha value is -1.71. The van der Waals surface area contributed by atoms with E-state index in [2.05, 4.69) is 21.3 Å². The van der Waals surface area contributed by atoms with Crippen molar-refractivity contribution in [1.29, 1.82) is 0 Å². The van der Waals surface area contributed by atoms with Crippen LogP contribution in [0.25, 0.3) is 0 Å². The molecule has 0 aromatic heterocycles. The number of hydrazine groups is 1. The summed E-state index contributed by atoms with van der Waals surface area (Å²) in [6, 6.07) is -0.157. The molecule has 0 aromatic rings. The van der Waals surface area contributed by atoms with Gasteiger partial charge in [0, 0.05) is 19.4 Å². The quantitative estimate of drug-likeness (QED) is 0.0669. The average molecular weight is 413 g/mol. The number of rotatable bonds is 10. The number of carbonyl (C=O) groups excluding carboxylic acids is 2. The van der Waals surface area contributed by atoms with Crippen LogP contribution in [0.3, 0.4) is 0 Å². The molecule has 1 aliphatic carbocycles. The van der Waals surface area contributed by atoms with E-state index < -0.39 is 0 Å². The maximum absolute atomic E-state index is 12.2. The number of hydrogen-bond donors (Lipinski definition) is 5. The number of hydrogen-bond acceptors (Lipinski definition) is 8. The molecule has 0 aromatic carbocycles. The van der Waals surface area contributed by atoms with Crippen molar-refractivity contribution in [2.45, 2.75) is 64.3 Å². The monoisotopic (exact) mass is 412 g/mol. The molecule has 0 spiro atoms. The number of carbonyl (C=O) groups is 2. The molecular weight excluding hydrogens is 372 g/mol. The predicted octanol–water partition coefficient (Wildman–Crippen LogP) is 0.645. The average Bonchev–Trinajstić information content (AvgIpc) is 2.73. The largest absolute Gasteiger partial charge is 0.463 e. The molecule has 7 N–H and O–H groups in total. The lowest BCUT2D eigenvalue weighted by Crippen LogP contribution is -2.50. The minimum Gasteiger partial charge on any atom is -0.463 e. The van der Waals surface area contributed by atoms with Crippen molar-refractivity contribution in [3.63, 3.8) is 0 Å². The summed E-state index contributed by atoms with van der Waals surface area (Å²) in [4.78, 5) is 21.6. The smallest absolute Gasteiger partial charge is 0.323 e. The number of piperidine rings is 1. The van der Waals surface area contributed by atoms with Crippen molar-refractivity contribution >= 4 is 18.1 Å². The van der Waals surface area contributed by atoms with Gasteiger partial charge in [0.25, 0.3) is 0 Å². The molecule has 2 aliphatic rings. The zero-order valence-electron chi connectivity index (χ0n) is 18.0. The molecule has 0 amide bonds. The highest BCUT2D eigenvalue weighted by Crippen LogP contribution is 2.40. The van der Waals surface area contributed by atoms with Gasteiger partial charge in [-0.1, -0.05) is 13.3 Å². The van der Waals surface area contributed by atoms with Gasteiger partial charge in [-0.3, -0.25) is 4.79 Å². The number of unbranched alkanes of at least 4 members (excludes halogenated alkanes) is 1. The van der Waals surface area contributed by atoms with Crippen molar-refractivity contribution in [3.8, 4) is 0 Å². The standard InChI is InChI=1S/C16H32N6O2.C4H8O/c1-19-6-7-24-16(23)14-9-13-8-11(2-4-12(13)10-20-14)3-5-15(17)21-22-18;1-2-3-4-5/h11-14,19-20,22H,2-10,18H2,1H3,(H2,17,21);4H,2-3H2,1H3. The van der Waals surface area contributed by atoms with E-state index in [1.54, 1.807) is 0 Å². The number of esters is 1. The van der Waals surface area contributed by atoms with E-state index in [9.17, 15) is 9.59 Å². The van der Waals surface area contributed by atoms with Gasteiger partial charge in [0.05, 0.1) is 0 Å². The number of ether oxygens (including phenoxy) is 1. The Morgan fingerprint density at radius 1 is 1.31 bits per heavy atom. The van der Waals surface area contributed by atoms with Crippen LogP contribution in [0.15, 0.2) is 5.10 Å². The summed E-state index contributed by atoms with van der Waals surface area (Å²) >= 11 is 0. The van der Waals surface area contributed by atoms with Gasteiger partial charge in [0.15, 0.2) is 0 Å². The second-order valence-corrected chi connectivity index (χ2v) is 7.89. The van der Waals surface area contributed by atoms with Crippen LogP contribution in [0.4, 0.5) is 0 Å². The number of aldehydes is 1. The van der Waals surface area contributed by atoms with Gasteiger partial charge < -0.3 is 25.9 Å². The van der Waals surface area contributed by atoms with Gasteiger partial charge in [-0.25, -0.2) is 11.4 Å². The first kappa shape index (κ1) is 25.3. The number of nitrogens with one attached hydrogen (secondary N) is 3. The summed E-state index contributed by atoms with van der Waals surface area (Å²) < 4.78 is 5.32. The highest BCUT2D eigenvalue weighted by molar-refractivity contribution is 5.79. The van der Waals surface area contributed by atoms with Crippen LogP contribution in [-0.4, -0.2) is 50.9 Å². The summed E-state index contributed by atoms with van der Waals surface area (Å²) in [6.45, 7) is 4.02. The fourth-order valence-corrected chi connectivity index (χ4v) is 4.07. The first-order chi connectivity index (χ1) is 14.0. The normalized spacial score (nSPS) is 26.5. The topological polar surface area (TPSA) is 144 Å². The number of fused-ring (bicyclic) bond motifs is 1. The lowest BCUT2D eigenvalue weighted by atomic mass is 9.69. The van der Waals surface area contributed by atoms with E-state index in [-0.39, 0.29) is 12.0 Å². The summed E-state index contributed by atoms with van der Waals surface area (Å²) in [5.74, 6) is 7.50. The Morgan fingerprint density at radius 2 is 2.10 bits per heavy atom. The molecule has 9 nitrogen and oxygen atoms in total. The molecule has 1 heterocycles. The third-order valence-corrected chi connectivity index (χ3v) is 5.72. The summed E-state index contributed by atoms with van der Waals surface area (Å²) in [5.41, 5.74) is 8.02. The Kier molecular flexibility index (Phi) is 13.3. The van der Waals surface area contributed by atoms with Crippen LogP contribution in [0, 0.1) is 17.8 Å². The third kappa shape index (κ3) is 10.0. The predicted molar refractivity (Wildman–Crippen MR) is 115 cm³/mol. The van der Waals surface area contributed by atoms with Gasteiger partial charge in [0.1, 0.15) is 24.8 Å². The van der Waals surface area contributed by atoms with E-state index in [0.717, 1.165) is 44.9 Å². The number of hydrazone groups is 1. The second-order valence-electron chi connectivity index (χ2n) is 7.89. The molecule has 1 saturated heterocycles. The lowest BCUT2D eigenvalue weighted by Gasteiger charge is -2.42. The number of nitrogens with zero attached hydrogens (tertiary/aromatic N) is 1. The summed E-state index contributed by atoms with van der Waals surface area (Å²) in [5, 5.41) is 10.2. The number of amidine groups is 1. The van der Waals surface area contributed by atoms with Crippen molar-refractivity contribution in [2.75, 3.05) is 26.7 Å². The molecule has 4 unspecified atom stereocenters. The molecule has 9 heteroatoms. The van der Waals surface area contributed by atoms with Crippen LogP contribution in [-0.2, 0) is 14.3 Å². The Morgan fingerprint density at radius 3 is 2.72 bits per heavy atom. The molecule has 29 heavy (non-hydrogen) atoms. The highest BCUT2D eigenvalue weighted by Gasteiger charge is 2.38. The van der Waals surface area contributed by atoms with E-state index in [1.165, 1.54) is 12.8 Å². The van der Waals surface area contributed by atoms with Gasteiger partial charge in [-0.2, -0.15) is 5.10 Å². The Balaban J connectivity index is 0.000000749. The molecular formula is C20H40N6O3. The minimum atomic E-state index is -0.157. The van der Waals surface area contributed by atoms with Crippen LogP contribution in [0.5, 0.6) is 0 Å². The Labute approximate surface area is 174 Å². The number of nitrogens with two attached hydrogens (primary N) is 2. The highest BCUT2D eigenvalue weighted by atomic mass is 16.5. The van der Waals surface area contributed by atoms with Crippen molar-refractivity contribution in [2.24, 2.45) is 34.4 Å². The van der Waals surface area contributed by atoms with E-state index >= 15 is 0 Å². The van der Waals surface area contributed by atoms with Crippen molar-refractivity contribution < 1.29 is 14.3 Å². The van der Waals surface area contributed by atoms with Gasteiger partial charge >= 0.3 is 5.97 Å². The van der Waals surface area contributed by atoms with Crippen LogP contribution < -0.4 is 27.7 Å². The third-order valence-electron chi connectivity index (χ3n) is 5.72. The summed E-state index contributed by atoms with van der Waals surface area (Å²) in [7, 11) is 1.85. The molecule has 4 atom stereocenters. The fraction of sp³-hybridized carbons (Fsp3) is 0.850. The SMILES string of the molecule is CCCC=O.CNCCOC(=O)C1CC2CC(CC/C(N)=N/NN)CCC2CN1. The molecule has 168 valence electrons. The first-order valence-corrected chi connectivity index (χ1v) is 10.8. The molecule has 0 bridgehead atoms. The maximum Gasteiger partial charge on any atom is 0.323 e. The first-order valence-electron chi connectivity index (χ1n) is 10.8. The summed E-state index contributed by atoms with van der Waals surface area (Å²) in [6.07, 6.45) is 8.90. The maximum atomic E-state index is 12.2. The van der Waals surface area contributed by atoms with E-state index in [1.807, 2.05) is 14.0 Å². The zero-order chi connectivity index (χ0) is 21.5. The zero-order valence-corrected chi connectivity index (χ0v) is 18.0. The fourth-order valence-electron chi connectivity index (χ4n) is 4.07. The molecule has 0 radical (unpaired) electrons. The molecule has 1 aliphatic heterocycles. The van der Waals surface area contributed by atoms with Crippen LogP contribution >= 0.6 is 0 Å². The van der Waals surface area contributed by atoms with Crippen LogP contribution in [0.1, 0.15) is 58.3 Å². The van der Waals surface area contributed by atoms with E-state index in [0.29, 0.717) is 43.2 Å². The van der Waals surface area contributed by atoms with Gasteiger partial charge in [-0.15, -0.1) is 0 Å². The molecule has 1 saturated carbocycles. The molecule has 2 rings (SSSR count). The van der Waals surface area contributed by atoms with Gasteiger partial charge in [-0.05, 0) is 63.5 Å². The number of likely N-dealkylation sites (N-methyl/N-ethyl adjacent to an activating group) is 1. The Bertz CT molecular complexity index is 503. The second kappa shape index (κ2) is 15.2. The van der Waals surface area contributed by atoms with Crippen LogP contribution in [0.2, 0.25) is 0 Å². The van der Waals surface area contributed by atoms with E-state index in [4.69, 9.17) is 16.3 Å². The van der Waals surface area contributed by atoms with Crippen molar-refractivity contribution in [3.05, 3.63) is 0 Å². The van der Waals surface area contributed by atoms with Gasteiger partial charge in [0.2, 0.25) is 0 Å². The minimum absolute atomic E-state index is 0.115. The van der Waals surface area contributed by atoms with Crippen molar-refractivity contribution in [1.82, 2.24) is 16.2 Å². The molecule has 2 fully saturated rings. The lowest BCUT2D eigenvalue weighted by molar-refractivity contribution is -0.147.